The molecular formula is C11H19N5O4. The standard InChI is InChI=1S/C11H19N5O4/c1-11(20,5-9(17)18)6-13-10(19)12-4-3-8-14-7-16(2)15-8/h7,20H,3-6H2,1-2H3,(H,17,18)(H2,12,13,19). The maximum atomic E-state index is 11.4. The van der Waals surface area contributed by atoms with Crippen LogP contribution in [0.15, 0.2) is 6.33 Å². The van der Waals surface area contributed by atoms with Crippen LogP contribution < -0.4 is 10.6 Å². The van der Waals surface area contributed by atoms with E-state index in [1.54, 1.807) is 18.1 Å². The first-order chi connectivity index (χ1) is 9.28. The van der Waals surface area contributed by atoms with E-state index in [4.69, 9.17) is 5.11 Å². The fraction of sp³-hybridized carbons (Fsp3) is 0.636. The van der Waals surface area contributed by atoms with E-state index in [0.29, 0.717) is 18.8 Å². The maximum absolute atomic E-state index is 11.4. The average Bonchev–Trinajstić information content (AvgIpc) is 2.71. The summed E-state index contributed by atoms with van der Waals surface area (Å²) in [7, 11) is 1.75. The van der Waals surface area contributed by atoms with Gasteiger partial charge in [-0.15, -0.1) is 0 Å². The molecule has 0 fully saturated rings. The molecular weight excluding hydrogens is 266 g/mol. The van der Waals surface area contributed by atoms with Gasteiger partial charge in [-0.05, 0) is 6.92 Å². The van der Waals surface area contributed by atoms with Gasteiger partial charge in [0, 0.05) is 26.6 Å². The number of aromatic nitrogens is 3. The molecule has 0 aliphatic heterocycles. The Morgan fingerprint density at radius 1 is 1.45 bits per heavy atom. The molecule has 0 aromatic carbocycles. The highest BCUT2D eigenvalue weighted by Gasteiger charge is 2.24. The van der Waals surface area contributed by atoms with Gasteiger partial charge in [-0.1, -0.05) is 0 Å². The molecule has 1 unspecified atom stereocenters. The minimum Gasteiger partial charge on any atom is -0.481 e. The molecule has 2 amide bonds. The highest BCUT2D eigenvalue weighted by atomic mass is 16.4. The summed E-state index contributed by atoms with van der Waals surface area (Å²) in [6, 6.07) is -0.480. The highest BCUT2D eigenvalue weighted by molar-refractivity contribution is 5.74. The normalized spacial score (nSPS) is 13.6. The van der Waals surface area contributed by atoms with Crippen molar-refractivity contribution in [3.8, 4) is 0 Å². The Balaban J connectivity index is 2.22. The third-order valence-corrected chi connectivity index (χ3v) is 2.44. The number of carbonyl (C=O) groups is 2. The summed E-state index contributed by atoms with van der Waals surface area (Å²) in [5.74, 6) is -0.510. The van der Waals surface area contributed by atoms with Crippen LogP contribution in [0.4, 0.5) is 4.79 Å². The van der Waals surface area contributed by atoms with Crippen LogP contribution in [-0.4, -0.2) is 55.7 Å². The number of aliphatic hydroxyl groups is 1. The van der Waals surface area contributed by atoms with E-state index < -0.39 is 24.0 Å². The van der Waals surface area contributed by atoms with Crippen LogP contribution in [0.25, 0.3) is 0 Å². The molecule has 9 nitrogen and oxygen atoms in total. The quantitative estimate of drug-likeness (QED) is 0.502. The van der Waals surface area contributed by atoms with Crippen molar-refractivity contribution in [3.05, 3.63) is 12.2 Å². The molecule has 9 heteroatoms. The Labute approximate surface area is 116 Å². The van der Waals surface area contributed by atoms with Crippen molar-refractivity contribution >= 4 is 12.0 Å². The lowest BCUT2D eigenvalue weighted by atomic mass is 10.0. The fourth-order valence-corrected chi connectivity index (χ4v) is 1.51. The summed E-state index contributed by atoms with van der Waals surface area (Å²) in [4.78, 5) is 25.9. The Bertz CT molecular complexity index is 471. The average molecular weight is 285 g/mol. The number of rotatable bonds is 7. The van der Waals surface area contributed by atoms with Crippen LogP contribution in [0.3, 0.4) is 0 Å². The van der Waals surface area contributed by atoms with E-state index in [1.807, 2.05) is 0 Å². The van der Waals surface area contributed by atoms with E-state index in [0.717, 1.165) is 0 Å². The number of hydrogen-bond donors (Lipinski definition) is 4. The fourth-order valence-electron chi connectivity index (χ4n) is 1.51. The molecule has 1 atom stereocenters. The third-order valence-electron chi connectivity index (χ3n) is 2.44. The second-order valence-electron chi connectivity index (χ2n) is 4.76. The molecule has 20 heavy (non-hydrogen) atoms. The Kier molecular flexibility index (Phi) is 5.44. The third kappa shape index (κ3) is 6.14. The molecule has 1 aromatic rings. The number of aliphatic carboxylic acids is 1. The number of urea groups is 1. The maximum Gasteiger partial charge on any atom is 0.314 e. The van der Waals surface area contributed by atoms with Gasteiger partial charge in [-0.3, -0.25) is 9.48 Å². The van der Waals surface area contributed by atoms with Crippen molar-refractivity contribution < 1.29 is 19.8 Å². The molecule has 0 saturated carbocycles. The zero-order valence-electron chi connectivity index (χ0n) is 11.5. The summed E-state index contributed by atoms with van der Waals surface area (Å²) >= 11 is 0. The number of carboxylic acid groups (broad SMARTS) is 1. The van der Waals surface area contributed by atoms with Crippen molar-refractivity contribution in [2.45, 2.75) is 25.4 Å². The van der Waals surface area contributed by atoms with Crippen LogP contribution in [-0.2, 0) is 18.3 Å². The van der Waals surface area contributed by atoms with Gasteiger partial charge in [0.25, 0.3) is 0 Å². The predicted octanol–water partition coefficient (Wildman–Crippen LogP) is -1.12. The van der Waals surface area contributed by atoms with Gasteiger partial charge >= 0.3 is 12.0 Å². The summed E-state index contributed by atoms with van der Waals surface area (Å²) < 4.78 is 1.57. The smallest absolute Gasteiger partial charge is 0.314 e. The minimum absolute atomic E-state index is 0.146. The molecule has 0 saturated heterocycles. The SMILES string of the molecule is Cn1cnc(CCNC(=O)NCC(C)(O)CC(=O)O)n1. The first-order valence-electron chi connectivity index (χ1n) is 6.09. The molecule has 0 aliphatic rings. The van der Waals surface area contributed by atoms with Gasteiger partial charge in [-0.25, -0.2) is 9.78 Å². The molecule has 1 rings (SSSR count). The highest BCUT2D eigenvalue weighted by Crippen LogP contribution is 2.06. The lowest BCUT2D eigenvalue weighted by Crippen LogP contribution is -2.46. The summed E-state index contributed by atoms with van der Waals surface area (Å²) in [5.41, 5.74) is -1.48. The number of nitrogens with zero attached hydrogens (tertiary/aromatic N) is 3. The van der Waals surface area contributed by atoms with Gasteiger partial charge in [0.1, 0.15) is 6.33 Å². The van der Waals surface area contributed by atoms with Gasteiger partial charge in [0.2, 0.25) is 0 Å². The van der Waals surface area contributed by atoms with E-state index in [9.17, 15) is 14.7 Å². The van der Waals surface area contributed by atoms with E-state index in [2.05, 4.69) is 20.7 Å². The topological polar surface area (TPSA) is 129 Å². The number of carbonyl (C=O) groups excluding carboxylic acids is 1. The minimum atomic E-state index is -1.48. The molecule has 0 aliphatic carbocycles. The van der Waals surface area contributed by atoms with Crippen molar-refractivity contribution in [1.29, 1.82) is 0 Å². The largest absolute Gasteiger partial charge is 0.481 e. The number of amides is 2. The number of carboxylic acids is 1. The monoisotopic (exact) mass is 285 g/mol. The molecule has 112 valence electrons. The Hall–Kier alpha value is -2.16. The second-order valence-corrected chi connectivity index (χ2v) is 4.76. The summed E-state index contributed by atoms with van der Waals surface area (Å²) in [6.45, 7) is 1.54. The van der Waals surface area contributed by atoms with Crippen LogP contribution >= 0.6 is 0 Å². The van der Waals surface area contributed by atoms with Crippen molar-refractivity contribution in [3.63, 3.8) is 0 Å². The lowest BCUT2D eigenvalue weighted by Gasteiger charge is -2.21. The van der Waals surface area contributed by atoms with E-state index in [1.165, 1.54) is 6.92 Å². The van der Waals surface area contributed by atoms with Gasteiger partial charge in [-0.2, -0.15) is 5.10 Å². The van der Waals surface area contributed by atoms with Gasteiger partial charge in [0.05, 0.1) is 12.0 Å². The van der Waals surface area contributed by atoms with Crippen LogP contribution in [0.1, 0.15) is 19.2 Å². The van der Waals surface area contributed by atoms with Crippen LogP contribution in [0.2, 0.25) is 0 Å². The number of nitrogens with one attached hydrogen (secondary N) is 2. The molecule has 0 radical (unpaired) electrons. The molecule has 1 heterocycles. The first-order valence-corrected chi connectivity index (χ1v) is 6.09. The zero-order valence-corrected chi connectivity index (χ0v) is 11.5. The second kappa shape index (κ2) is 6.85. The van der Waals surface area contributed by atoms with E-state index in [-0.39, 0.29) is 6.54 Å². The molecule has 1 aromatic heterocycles. The Morgan fingerprint density at radius 3 is 2.70 bits per heavy atom. The summed E-state index contributed by atoms with van der Waals surface area (Å²) in [6.07, 6.45) is 1.61. The van der Waals surface area contributed by atoms with Gasteiger partial charge < -0.3 is 20.8 Å². The van der Waals surface area contributed by atoms with E-state index >= 15 is 0 Å². The van der Waals surface area contributed by atoms with Crippen molar-refractivity contribution in [2.75, 3.05) is 13.1 Å². The number of hydrogen-bond acceptors (Lipinski definition) is 5. The first kappa shape index (κ1) is 15.9. The number of aryl methyl sites for hydroxylation is 1. The van der Waals surface area contributed by atoms with Crippen LogP contribution in [0, 0.1) is 0 Å². The predicted molar refractivity (Wildman–Crippen MR) is 69.0 cm³/mol. The van der Waals surface area contributed by atoms with Crippen LogP contribution in [0.5, 0.6) is 0 Å². The molecule has 0 spiro atoms. The van der Waals surface area contributed by atoms with Crippen molar-refractivity contribution in [2.24, 2.45) is 7.05 Å². The Morgan fingerprint density at radius 2 is 2.15 bits per heavy atom. The van der Waals surface area contributed by atoms with Gasteiger partial charge in [0.15, 0.2) is 5.82 Å². The molecule has 4 N–H and O–H groups in total. The van der Waals surface area contributed by atoms with Crippen molar-refractivity contribution in [1.82, 2.24) is 25.4 Å². The summed E-state index contributed by atoms with van der Waals surface area (Å²) in [5, 5.41) is 27.3. The lowest BCUT2D eigenvalue weighted by molar-refractivity contribution is -0.141. The molecule has 0 bridgehead atoms. The zero-order chi connectivity index (χ0) is 15.2.